The molecule has 0 N–H and O–H groups in total. The van der Waals surface area contributed by atoms with Gasteiger partial charge in [-0.3, -0.25) is 9.36 Å². The maximum Gasteiger partial charge on any atom is 0.353 e. The third-order valence-electron chi connectivity index (χ3n) is 2.16. The highest BCUT2D eigenvalue weighted by atomic mass is 16.5. The number of hydrogen-bond donors (Lipinski definition) is 0. The van der Waals surface area contributed by atoms with Crippen molar-refractivity contribution < 1.29 is 9.53 Å². The van der Waals surface area contributed by atoms with Gasteiger partial charge in [0.05, 0.1) is 13.0 Å². The van der Waals surface area contributed by atoms with Crippen LogP contribution in [0.25, 0.3) is 0 Å². The van der Waals surface area contributed by atoms with Crippen molar-refractivity contribution in [2.24, 2.45) is 13.0 Å². The van der Waals surface area contributed by atoms with Crippen molar-refractivity contribution in [3.63, 3.8) is 0 Å². The topological polar surface area (TPSA) is 83.2 Å². The van der Waals surface area contributed by atoms with Gasteiger partial charge in [0.1, 0.15) is 6.33 Å². The van der Waals surface area contributed by atoms with Crippen LogP contribution in [0.15, 0.2) is 15.9 Å². The van der Waals surface area contributed by atoms with Crippen molar-refractivity contribution in [2.45, 2.75) is 13.5 Å². The van der Waals surface area contributed by atoms with Crippen LogP contribution in [0.3, 0.4) is 0 Å². The minimum atomic E-state index is -0.668. The Labute approximate surface area is 91.3 Å². The molecule has 7 nitrogen and oxygen atoms in total. The first-order valence-electron chi connectivity index (χ1n) is 4.67. The van der Waals surface area contributed by atoms with Crippen LogP contribution in [0, 0.1) is 5.92 Å². The predicted molar refractivity (Wildman–Crippen MR) is 54.9 cm³/mol. The zero-order valence-corrected chi connectivity index (χ0v) is 9.34. The maximum atomic E-state index is 11.6. The van der Waals surface area contributed by atoms with Crippen molar-refractivity contribution in [3.05, 3.63) is 27.3 Å². The minimum absolute atomic E-state index is 0.0357. The normalized spacial score (nSPS) is 12.2. The first-order chi connectivity index (χ1) is 7.47. The molecule has 0 aliphatic carbocycles. The van der Waals surface area contributed by atoms with E-state index < -0.39 is 23.3 Å². The summed E-state index contributed by atoms with van der Waals surface area (Å²) < 4.78 is 6.59. The number of carbonyl (C=O) groups excluding carboxylic acids is 1. The number of hydrogen-bond acceptors (Lipinski definition) is 5. The summed E-state index contributed by atoms with van der Waals surface area (Å²) in [4.78, 5) is 37.5. The fourth-order valence-corrected chi connectivity index (χ4v) is 1.23. The van der Waals surface area contributed by atoms with Crippen LogP contribution in [0.5, 0.6) is 0 Å². The summed E-state index contributed by atoms with van der Waals surface area (Å²) in [5.41, 5.74) is -1.17. The molecule has 0 fully saturated rings. The van der Waals surface area contributed by atoms with Gasteiger partial charge in [-0.25, -0.2) is 14.2 Å². The summed E-state index contributed by atoms with van der Waals surface area (Å²) in [6.07, 6.45) is 1.14. The standard InChI is InChI=1S/C9H13N3O4/c1-6(7(13)16-3)4-12-8(14)10-5-11(2)9(12)15/h5-6H,4H2,1-3H3. The SMILES string of the molecule is COC(=O)C(C)Cn1c(=O)ncn(C)c1=O. The van der Waals surface area contributed by atoms with E-state index in [1.807, 2.05) is 0 Å². The number of methoxy groups -OCH3 is 1. The molecule has 1 heterocycles. The summed E-state index contributed by atoms with van der Waals surface area (Å²) in [6.45, 7) is 1.54. The van der Waals surface area contributed by atoms with Crippen molar-refractivity contribution in [1.29, 1.82) is 0 Å². The van der Waals surface area contributed by atoms with Gasteiger partial charge >= 0.3 is 17.3 Å². The lowest BCUT2D eigenvalue weighted by Crippen LogP contribution is -2.42. The van der Waals surface area contributed by atoms with Gasteiger partial charge in [-0.2, -0.15) is 4.98 Å². The Morgan fingerprint density at radius 1 is 1.56 bits per heavy atom. The van der Waals surface area contributed by atoms with E-state index in [0.717, 1.165) is 10.9 Å². The van der Waals surface area contributed by atoms with E-state index in [2.05, 4.69) is 9.72 Å². The molecule has 0 saturated heterocycles. The Morgan fingerprint density at radius 2 is 2.19 bits per heavy atom. The van der Waals surface area contributed by atoms with Gasteiger partial charge in [-0.05, 0) is 0 Å². The number of nitrogens with zero attached hydrogens (tertiary/aromatic N) is 3. The Balaban J connectivity index is 3.07. The summed E-state index contributed by atoms with van der Waals surface area (Å²) in [6, 6.07) is 0. The number of aryl methyl sites for hydroxylation is 1. The van der Waals surface area contributed by atoms with Crippen LogP contribution in [-0.2, 0) is 23.1 Å². The number of rotatable bonds is 3. The van der Waals surface area contributed by atoms with E-state index in [1.165, 1.54) is 18.7 Å². The molecule has 1 unspecified atom stereocenters. The maximum absolute atomic E-state index is 11.6. The third kappa shape index (κ3) is 2.36. The fraction of sp³-hybridized carbons (Fsp3) is 0.556. The molecule has 1 aromatic heterocycles. The van der Waals surface area contributed by atoms with Gasteiger partial charge in [-0.1, -0.05) is 6.92 Å². The third-order valence-corrected chi connectivity index (χ3v) is 2.16. The minimum Gasteiger partial charge on any atom is -0.469 e. The van der Waals surface area contributed by atoms with Crippen LogP contribution in [-0.4, -0.2) is 27.2 Å². The van der Waals surface area contributed by atoms with Crippen LogP contribution in [0.2, 0.25) is 0 Å². The lowest BCUT2D eigenvalue weighted by atomic mass is 10.2. The van der Waals surface area contributed by atoms with Gasteiger partial charge in [-0.15, -0.1) is 0 Å². The van der Waals surface area contributed by atoms with Crippen molar-refractivity contribution in [1.82, 2.24) is 14.1 Å². The number of esters is 1. The van der Waals surface area contributed by atoms with Gasteiger partial charge in [0.2, 0.25) is 0 Å². The quantitative estimate of drug-likeness (QED) is 0.602. The second kappa shape index (κ2) is 4.73. The zero-order valence-electron chi connectivity index (χ0n) is 9.34. The van der Waals surface area contributed by atoms with E-state index in [-0.39, 0.29) is 6.54 Å². The molecule has 0 aliphatic heterocycles. The number of ether oxygens (including phenoxy) is 1. The lowest BCUT2D eigenvalue weighted by molar-refractivity contribution is -0.145. The van der Waals surface area contributed by atoms with Crippen molar-refractivity contribution in [3.8, 4) is 0 Å². The second-order valence-corrected chi connectivity index (χ2v) is 3.46. The Kier molecular flexibility index (Phi) is 3.60. The highest BCUT2D eigenvalue weighted by molar-refractivity contribution is 5.71. The summed E-state index contributed by atoms with van der Waals surface area (Å²) in [7, 11) is 2.73. The Morgan fingerprint density at radius 3 is 2.75 bits per heavy atom. The number of carbonyl (C=O) groups is 1. The fourth-order valence-electron chi connectivity index (χ4n) is 1.23. The van der Waals surface area contributed by atoms with Crippen molar-refractivity contribution in [2.75, 3.05) is 7.11 Å². The largest absolute Gasteiger partial charge is 0.469 e. The smallest absolute Gasteiger partial charge is 0.353 e. The van der Waals surface area contributed by atoms with Crippen LogP contribution < -0.4 is 11.4 Å². The molecule has 0 spiro atoms. The molecule has 0 aliphatic rings. The molecule has 1 aromatic rings. The highest BCUT2D eigenvalue weighted by Gasteiger charge is 2.16. The summed E-state index contributed by atoms with van der Waals surface area (Å²) in [5, 5.41) is 0. The van der Waals surface area contributed by atoms with Gasteiger partial charge in [0, 0.05) is 13.6 Å². The highest BCUT2D eigenvalue weighted by Crippen LogP contribution is 1.98. The van der Waals surface area contributed by atoms with Gasteiger partial charge < -0.3 is 4.74 Å². The van der Waals surface area contributed by atoms with Crippen molar-refractivity contribution >= 4 is 5.97 Å². The molecule has 0 radical (unpaired) electrons. The van der Waals surface area contributed by atoms with E-state index >= 15 is 0 Å². The first kappa shape index (κ1) is 12.2. The predicted octanol–water partition coefficient (Wildman–Crippen LogP) is -1.25. The number of aromatic nitrogens is 3. The molecule has 16 heavy (non-hydrogen) atoms. The second-order valence-electron chi connectivity index (χ2n) is 3.46. The summed E-state index contributed by atoms with van der Waals surface area (Å²) >= 11 is 0. The zero-order chi connectivity index (χ0) is 12.3. The van der Waals surface area contributed by atoms with E-state index in [9.17, 15) is 14.4 Å². The molecule has 88 valence electrons. The van der Waals surface area contributed by atoms with E-state index in [0.29, 0.717) is 0 Å². The molecule has 0 saturated carbocycles. The average molecular weight is 227 g/mol. The molecule has 7 heteroatoms. The molecule has 0 bridgehead atoms. The Bertz CT molecular complexity index is 502. The molecule has 0 amide bonds. The van der Waals surface area contributed by atoms with E-state index in [1.54, 1.807) is 6.92 Å². The first-order valence-corrected chi connectivity index (χ1v) is 4.67. The molecule has 0 aromatic carbocycles. The lowest BCUT2D eigenvalue weighted by Gasteiger charge is -2.10. The molecular weight excluding hydrogens is 214 g/mol. The molecule has 1 atom stereocenters. The van der Waals surface area contributed by atoms with Gasteiger partial charge in [0.15, 0.2) is 0 Å². The monoisotopic (exact) mass is 227 g/mol. The molecular formula is C9H13N3O4. The van der Waals surface area contributed by atoms with Crippen LogP contribution >= 0.6 is 0 Å². The van der Waals surface area contributed by atoms with Gasteiger partial charge in [0.25, 0.3) is 0 Å². The molecule has 1 rings (SSSR count). The van der Waals surface area contributed by atoms with E-state index in [4.69, 9.17) is 0 Å². The summed E-state index contributed by atoms with van der Waals surface area (Å²) in [5.74, 6) is -1.04. The van der Waals surface area contributed by atoms with Crippen LogP contribution in [0.4, 0.5) is 0 Å². The van der Waals surface area contributed by atoms with Crippen LogP contribution in [0.1, 0.15) is 6.92 Å². The Hall–Kier alpha value is -1.92. The average Bonchev–Trinajstić information content (AvgIpc) is 2.28.